The van der Waals surface area contributed by atoms with Crippen molar-refractivity contribution in [1.29, 1.82) is 0 Å². The Kier molecular flexibility index (Phi) is 8.29. The molecule has 1 saturated heterocycles. The van der Waals surface area contributed by atoms with Crippen LogP contribution in [0.15, 0.2) is 54.6 Å². The van der Waals surface area contributed by atoms with Gasteiger partial charge in [-0.2, -0.15) is 0 Å². The molecule has 146 valence electrons. The first-order chi connectivity index (χ1) is 12.7. The normalized spacial score (nSPS) is 16.9. The summed E-state index contributed by atoms with van der Waals surface area (Å²) in [5.41, 5.74) is 3.28. The second kappa shape index (κ2) is 10.5. The molecular weight excluding hydrogens is 358 g/mol. The Balaban J connectivity index is 0.00000261. The minimum Gasteiger partial charge on any atom is -0.337 e. The van der Waals surface area contributed by atoms with Gasteiger partial charge in [-0.3, -0.25) is 9.69 Å². The van der Waals surface area contributed by atoms with Gasteiger partial charge in [0.1, 0.15) is 0 Å². The molecule has 1 atom stereocenters. The van der Waals surface area contributed by atoms with Crippen LogP contribution in [0.4, 0.5) is 0 Å². The van der Waals surface area contributed by atoms with E-state index in [-0.39, 0.29) is 18.3 Å². The number of nitrogens with zero attached hydrogens (tertiary/aromatic N) is 2. The van der Waals surface area contributed by atoms with Gasteiger partial charge in [-0.1, -0.05) is 42.5 Å². The van der Waals surface area contributed by atoms with Crippen molar-refractivity contribution >= 4 is 18.3 Å². The third-order valence-electron chi connectivity index (χ3n) is 5.04. The average molecular weight is 388 g/mol. The Bertz CT molecular complexity index is 723. The highest BCUT2D eigenvalue weighted by Crippen LogP contribution is 2.16. The zero-order valence-electron chi connectivity index (χ0n) is 16.2. The Hall–Kier alpha value is -1.88. The topological polar surface area (TPSA) is 35.6 Å². The summed E-state index contributed by atoms with van der Waals surface area (Å²) in [6.45, 7) is 3.38. The quantitative estimate of drug-likeness (QED) is 0.823. The van der Waals surface area contributed by atoms with Crippen molar-refractivity contribution < 1.29 is 4.79 Å². The summed E-state index contributed by atoms with van der Waals surface area (Å²) in [4.78, 5) is 17.1. The number of hydrogen-bond acceptors (Lipinski definition) is 3. The molecule has 0 saturated carbocycles. The molecular formula is C22H30ClN3O. The van der Waals surface area contributed by atoms with Gasteiger partial charge in [0, 0.05) is 37.8 Å². The van der Waals surface area contributed by atoms with Gasteiger partial charge in [0.05, 0.1) is 0 Å². The molecule has 1 heterocycles. The fourth-order valence-electron chi connectivity index (χ4n) is 3.65. The predicted octanol–water partition coefficient (Wildman–Crippen LogP) is 3.56. The fourth-order valence-corrected chi connectivity index (χ4v) is 3.65. The zero-order chi connectivity index (χ0) is 18.4. The minimum atomic E-state index is 0. The number of benzene rings is 2. The third kappa shape index (κ3) is 6.06. The predicted molar refractivity (Wildman–Crippen MR) is 113 cm³/mol. The van der Waals surface area contributed by atoms with Crippen LogP contribution in [0.3, 0.4) is 0 Å². The number of amides is 1. The lowest BCUT2D eigenvalue weighted by Crippen LogP contribution is -2.46. The molecule has 2 aromatic carbocycles. The van der Waals surface area contributed by atoms with Crippen molar-refractivity contribution in [2.24, 2.45) is 0 Å². The largest absolute Gasteiger partial charge is 0.337 e. The van der Waals surface area contributed by atoms with Gasteiger partial charge >= 0.3 is 0 Å². The molecule has 0 spiro atoms. The van der Waals surface area contributed by atoms with Gasteiger partial charge in [0.2, 0.25) is 0 Å². The minimum absolute atomic E-state index is 0. The molecule has 0 radical (unpaired) electrons. The summed E-state index contributed by atoms with van der Waals surface area (Å²) in [6.07, 6.45) is 2.21. The van der Waals surface area contributed by atoms with Crippen molar-refractivity contribution in [2.45, 2.75) is 32.0 Å². The van der Waals surface area contributed by atoms with Crippen molar-refractivity contribution in [3.63, 3.8) is 0 Å². The van der Waals surface area contributed by atoms with E-state index in [1.165, 1.54) is 11.1 Å². The van der Waals surface area contributed by atoms with E-state index in [1.807, 2.05) is 36.2 Å². The monoisotopic (exact) mass is 387 g/mol. The summed E-state index contributed by atoms with van der Waals surface area (Å²) in [5, 5.41) is 3.30. The highest BCUT2D eigenvalue weighted by atomic mass is 35.5. The Morgan fingerprint density at radius 3 is 2.56 bits per heavy atom. The molecule has 1 N–H and O–H groups in total. The maximum absolute atomic E-state index is 12.9. The van der Waals surface area contributed by atoms with E-state index in [0.717, 1.165) is 44.6 Å². The molecule has 1 amide bonds. The zero-order valence-corrected chi connectivity index (χ0v) is 17.0. The summed E-state index contributed by atoms with van der Waals surface area (Å²) in [6, 6.07) is 19.0. The van der Waals surface area contributed by atoms with Crippen LogP contribution in [0.1, 0.15) is 34.3 Å². The van der Waals surface area contributed by atoms with E-state index in [1.54, 1.807) is 0 Å². The summed E-state index contributed by atoms with van der Waals surface area (Å²) < 4.78 is 0. The standard InChI is InChI=1S/C22H29N3O.ClH/c1-23-21-12-7-13-25(17-21)22(26)20-11-6-10-19(14-20)16-24(2)15-18-8-4-3-5-9-18;/h3-6,8-11,14,21,23H,7,12-13,15-17H2,1-2H3;1H. The first kappa shape index (κ1) is 21.4. The number of hydrogen-bond donors (Lipinski definition) is 1. The SMILES string of the molecule is CNC1CCCN(C(=O)c2cccc(CN(C)Cc3ccccc3)c2)C1.Cl. The highest BCUT2D eigenvalue weighted by Gasteiger charge is 2.23. The van der Waals surface area contributed by atoms with Crippen molar-refractivity contribution in [3.05, 3.63) is 71.3 Å². The number of nitrogens with one attached hydrogen (secondary N) is 1. The molecule has 0 aromatic heterocycles. The molecule has 5 heteroatoms. The maximum atomic E-state index is 12.9. The van der Waals surface area contributed by atoms with Gasteiger partial charge in [-0.25, -0.2) is 0 Å². The smallest absolute Gasteiger partial charge is 0.253 e. The first-order valence-corrected chi connectivity index (χ1v) is 9.43. The number of likely N-dealkylation sites (tertiary alicyclic amines) is 1. The molecule has 2 aromatic rings. The van der Waals surface area contributed by atoms with Crippen LogP contribution in [0.2, 0.25) is 0 Å². The lowest BCUT2D eigenvalue weighted by atomic mass is 10.0. The van der Waals surface area contributed by atoms with Crippen LogP contribution in [0, 0.1) is 0 Å². The fraction of sp³-hybridized carbons (Fsp3) is 0.409. The van der Waals surface area contributed by atoms with Crippen LogP contribution in [-0.2, 0) is 13.1 Å². The van der Waals surface area contributed by atoms with E-state index in [2.05, 4.69) is 47.6 Å². The van der Waals surface area contributed by atoms with Gasteiger partial charge in [0.25, 0.3) is 5.91 Å². The second-order valence-electron chi connectivity index (χ2n) is 7.24. The van der Waals surface area contributed by atoms with Gasteiger partial charge < -0.3 is 10.2 Å². The second-order valence-corrected chi connectivity index (χ2v) is 7.24. The first-order valence-electron chi connectivity index (χ1n) is 9.43. The van der Waals surface area contributed by atoms with Crippen LogP contribution < -0.4 is 5.32 Å². The Morgan fingerprint density at radius 1 is 1.11 bits per heavy atom. The maximum Gasteiger partial charge on any atom is 0.253 e. The lowest BCUT2D eigenvalue weighted by molar-refractivity contribution is 0.0698. The van der Waals surface area contributed by atoms with Crippen LogP contribution in [0.5, 0.6) is 0 Å². The number of halogens is 1. The van der Waals surface area contributed by atoms with E-state index < -0.39 is 0 Å². The Morgan fingerprint density at radius 2 is 1.81 bits per heavy atom. The highest BCUT2D eigenvalue weighted by molar-refractivity contribution is 5.94. The molecule has 1 aliphatic rings. The molecule has 27 heavy (non-hydrogen) atoms. The number of rotatable bonds is 6. The molecule has 4 nitrogen and oxygen atoms in total. The molecule has 0 aliphatic carbocycles. The lowest BCUT2D eigenvalue weighted by Gasteiger charge is -2.32. The van der Waals surface area contributed by atoms with E-state index in [0.29, 0.717) is 6.04 Å². The van der Waals surface area contributed by atoms with Crippen LogP contribution in [0.25, 0.3) is 0 Å². The van der Waals surface area contributed by atoms with Gasteiger partial charge in [0.15, 0.2) is 0 Å². The number of piperidine rings is 1. The van der Waals surface area contributed by atoms with Crippen molar-refractivity contribution in [2.75, 3.05) is 27.2 Å². The number of carbonyl (C=O) groups excluding carboxylic acids is 1. The number of carbonyl (C=O) groups is 1. The summed E-state index contributed by atoms with van der Waals surface area (Å²) in [5.74, 6) is 0.150. The van der Waals surface area contributed by atoms with Crippen molar-refractivity contribution in [1.82, 2.24) is 15.1 Å². The number of likely N-dealkylation sites (N-methyl/N-ethyl adjacent to an activating group) is 1. The molecule has 0 bridgehead atoms. The van der Waals surface area contributed by atoms with Gasteiger partial charge in [-0.05, 0) is 50.2 Å². The van der Waals surface area contributed by atoms with Crippen LogP contribution >= 0.6 is 12.4 Å². The molecule has 1 aliphatic heterocycles. The average Bonchev–Trinajstić information content (AvgIpc) is 2.68. The van der Waals surface area contributed by atoms with E-state index >= 15 is 0 Å². The Labute approximate surface area is 169 Å². The molecule has 1 unspecified atom stereocenters. The van der Waals surface area contributed by atoms with Crippen molar-refractivity contribution in [3.8, 4) is 0 Å². The van der Waals surface area contributed by atoms with Crippen LogP contribution in [-0.4, -0.2) is 48.9 Å². The van der Waals surface area contributed by atoms with Gasteiger partial charge in [-0.15, -0.1) is 12.4 Å². The summed E-state index contributed by atoms with van der Waals surface area (Å²) in [7, 11) is 4.09. The van der Waals surface area contributed by atoms with E-state index in [4.69, 9.17) is 0 Å². The third-order valence-corrected chi connectivity index (χ3v) is 5.04. The molecule has 3 rings (SSSR count). The molecule has 1 fully saturated rings. The van der Waals surface area contributed by atoms with E-state index in [9.17, 15) is 4.79 Å². The summed E-state index contributed by atoms with van der Waals surface area (Å²) >= 11 is 0.